The first kappa shape index (κ1) is 31.3. The van der Waals surface area contributed by atoms with Crippen LogP contribution in [0, 0.1) is 0 Å². The summed E-state index contributed by atoms with van der Waals surface area (Å²) in [4.78, 5) is 2.60. The number of unbranched alkanes of at least 4 members (excludes halogenated alkanes) is 2. The van der Waals surface area contributed by atoms with Crippen LogP contribution in [0.5, 0.6) is 5.75 Å². The van der Waals surface area contributed by atoms with Gasteiger partial charge in [-0.2, -0.15) is 0 Å². The van der Waals surface area contributed by atoms with Crippen molar-refractivity contribution in [2.24, 2.45) is 0 Å². The number of ether oxygens (including phenoxy) is 1. The van der Waals surface area contributed by atoms with Gasteiger partial charge in [0.1, 0.15) is 6.61 Å². The fraction of sp³-hybridized carbons (Fsp3) is 0.520. The quantitative estimate of drug-likeness (QED) is 0.241. The molecule has 2 aromatic carbocycles. The molecule has 182 valence electrons. The summed E-state index contributed by atoms with van der Waals surface area (Å²) in [5, 5.41) is 4.63. The molecule has 2 aromatic rings. The van der Waals surface area contributed by atoms with Gasteiger partial charge in [-0.15, -0.1) is 24.8 Å². The van der Waals surface area contributed by atoms with Gasteiger partial charge < -0.3 is 15.0 Å². The van der Waals surface area contributed by atoms with E-state index in [1.807, 2.05) is 42.5 Å². The van der Waals surface area contributed by atoms with Crippen molar-refractivity contribution in [3.05, 3.63) is 63.6 Å². The molecule has 2 rings (SSSR count). The van der Waals surface area contributed by atoms with Crippen molar-refractivity contribution in [3.8, 4) is 5.75 Å². The van der Waals surface area contributed by atoms with E-state index in [-0.39, 0.29) is 24.8 Å². The van der Waals surface area contributed by atoms with E-state index in [1.165, 1.54) is 38.8 Å². The highest BCUT2D eigenvalue weighted by Gasteiger charge is 2.10. The van der Waals surface area contributed by atoms with Crippen LogP contribution in [-0.4, -0.2) is 31.1 Å². The number of hydrogen-bond acceptors (Lipinski definition) is 3. The minimum Gasteiger partial charge on any atom is -0.486 e. The van der Waals surface area contributed by atoms with Gasteiger partial charge >= 0.3 is 0 Å². The Labute approximate surface area is 217 Å². The van der Waals surface area contributed by atoms with E-state index in [9.17, 15) is 0 Å². The summed E-state index contributed by atoms with van der Waals surface area (Å²) >= 11 is 12.9. The molecule has 3 nitrogen and oxygen atoms in total. The summed E-state index contributed by atoms with van der Waals surface area (Å²) in [6.45, 7) is 10.3. The highest BCUT2D eigenvalue weighted by atomic mass is 35.5. The first-order valence-corrected chi connectivity index (χ1v) is 12.0. The molecule has 32 heavy (non-hydrogen) atoms. The van der Waals surface area contributed by atoms with Crippen molar-refractivity contribution >= 4 is 48.0 Å². The highest BCUT2D eigenvalue weighted by molar-refractivity contribution is 6.37. The number of halogens is 4. The Hall–Kier alpha value is -0.680. The summed E-state index contributed by atoms with van der Waals surface area (Å²) in [6.07, 6.45) is 6.23. The van der Waals surface area contributed by atoms with Crippen LogP contribution in [0.15, 0.2) is 42.5 Å². The number of nitrogens with one attached hydrogen (secondary N) is 1. The smallest absolute Gasteiger partial charge is 0.156 e. The van der Waals surface area contributed by atoms with Gasteiger partial charge in [0.15, 0.2) is 5.75 Å². The fourth-order valence-corrected chi connectivity index (χ4v) is 3.98. The van der Waals surface area contributed by atoms with E-state index in [0.29, 0.717) is 22.4 Å². The largest absolute Gasteiger partial charge is 0.486 e. The molecule has 0 amide bonds. The molecule has 0 fully saturated rings. The van der Waals surface area contributed by atoms with E-state index in [1.54, 1.807) is 0 Å². The predicted octanol–water partition coefficient (Wildman–Crippen LogP) is 7.80. The molecule has 0 unspecified atom stereocenters. The molecule has 0 saturated carbocycles. The highest BCUT2D eigenvalue weighted by Crippen LogP contribution is 2.34. The Morgan fingerprint density at radius 2 is 1.38 bits per heavy atom. The van der Waals surface area contributed by atoms with Gasteiger partial charge in [0.05, 0.1) is 10.0 Å². The molecule has 0 saturated heterocycles. The molecule has 1 N–H and O–H groups in total. The van der Waals surface area contributed by atoms with Gasteiger partial charge in [0.25, 0.3) is 0 Å². The lowest BCUT2D eigenvalue weighted by Gasteiger charge is -2.22. The van der Waals surface area contributed by atoms with Gasteiger partial charge in [-0.3, -0.25) is 0 Å². The number of benzene rings is 2. The van der Waals surface area contributed by atoms with Crippen LogP contribution in [0.3, 0.4) is 0 Å². The fourth-order valence-electron chi connectivity index (χ4n) is 3.34. The maximum atomic E-state index is 6.44. The molecule has 7 heteroatoms. The van der Waals surface area contributed by atoms with Gasteiger partial charge in [-0.25, -0.2) is 0 Å². The zero-order valence-electron chi connectivity index (χ0n) is 19.2. The second kappa shape index (κ2) is 18.7. The summed E-state index contributed by atoms with van der Waals surface area (Å²) in [7, 11) is 0. The molecule has 0 aliphatic carbocycles. The molecule has 0 radical (unpaired) electrons. The number of hydrogen-bond donors (Lipinski definition) is 1. The first-order valence-electron chi connectivity index (χ1n) is 11.2. The Kier molecular flexibility index (Phi) is 18.3. The Morgan fingerprint density at radius 3 is 1.94 bits per heavy atom. The minimum absolute atomic E-state index is 0. The van der Waals surface area contributed by atoms with Crippen molar-refractivity contribution in [1.29, 1.82) is 0 Å². The van der Waals surface area contributed by atoms with E-state index >= 15 is 0 Å². The third kappa shape index (κ3) is 12.0. The second-order valence-corrected chi connectivity index (χ2v) is 8.56. The average molecular weight is 524 g/mol. The van der Waals surface area contributed by atoms with Crippen LogP contribution in [0.2, 0.25) is 10.0 Å². The van der Waals surface area contributed by atoms with Gasteiger partial charge in [0, 0.05) is 6.54 Å². The third-order valence-corrected chi connectivity index (χ3v) is 5.66. The van der Waals surface area contributed by atoms with Crippen LogP contribution in [-0.2, 0) is 13.2 Å². The van der Waals surface area contributed by atoms with Crippen molar-refractivity contribution in [1.82, 2.24) is 10.2 Å². The number of nitrogens with zero attached hydrogens (tertiary/aromatic N) is 1. The molecule has 0 spiro atoms. The Morgan fingerprint density at radius 1 is 0.812 bits per heavy atom. The van der Waals surface area contributed by atoms with Gasteiger partial charge in [-0.1, -0.05) is 80.2 Å². The average Bonchev–Trinajstić information content (AvgIpc) is 2.75. The van der Waals surface area contributed by atoms with E-state index in [4.69, 9.17) is 27.9 Å². The lowest BCUT2D eigenvalue weighted by Crippen LogP contribution is -2.29. The second-order valence-electron chi connectivity index (χ2n) is 7.74. The normalized spacial score (nSPS) is 10.5. The van der Waals surface area contributed by atoms with Crippen molar-refractivity contribution in [2.75, 3.05) is 26.2 Å². The molecule has 0 aliphatic rings. The lowest BCUT2D eigenvalue weighted by atomic mass is 10.2. The lowest BCUT2D eigenvalue weighted by molar-refractivity contribution is 0.261. The first-order chi connectivity index (χ1) is 14.6. The van der Waals surface area contributed by atoms with Gasteiger partial charge in [-0.05, 0) is 68.7 Å². The zero-order chi connectivity index (χ0) is 21.6. The third-order valence-electron chi connectivity index (χ3n) is 5.10. The Bertz CT molecular complexity index is 700. The van der Waals surface area contributed by atoms with Crippen LogP contribution in [0.25, 0.3) is 0 Å². The summed E-state index contributed by atoms with van der Waals surface area (Å²) in [5.74, 6) is 0.549. The van der Waals surface area contributed by atoms with Crippen LogP contribution >= 0.6 is 48.0 Å². The Balaban J connectivity index is 0.00000480. The molecule has 0 atom stereocenters. The van der Waals surface area contributed by atoms with Crippen molar-refractivity contribution in [3.63, 3.8) is 0 Å². The minimum atomic E-state index is 0. The van der Waals surface area contributed by atoms with E-state index < -0.39 is 0 Å². The predicted molar refractivity (Wildman–Crippen MR) is 144 cm³/mol. The van der Waals surface area contributed by atoms with E-state index in [2.05, 4.69) is 24.1 Å². The van der Waals surface area contributed by atoms with Crippen LogP contribution < -0.4 is 10.1 Å². The number of rotatable bonds is 15. The zero-order valence-corrected chi connectivity index (χ0v) is 22.4. The summed E-state index contributed by atoms with van der Waals surface area (Å²) in [6, 6.07) is 13.9. The summed E-state index contributed by atoms with van der Waals surface area (Å²) in [5.41, 5.74) is 2.16. The SMILES string of the molecule is CCCCN(CCCC)CCCNCc1cc(Cl)c(OCc2ccccc2)c(Cl)c1.Cl.Cl. The molecule has 0 bridgehead atoms. The molecule has 0 heterocycles. The summed E-state index contributed by atoms with van der Waals surface area (Å²) < 4.78 is 5.85. The van der Waals surface area contributed by atoms with Crippen LogP contribution in [0.1, 0.15) is 57.1 Å². The molecular formula is C25H38Cl4N2O. The maximum Gasteiger partial charge on any atom is 0.156 e. The maximum absolute atomic E-state index is 6.44. The standard InChI is InChI=1S/C25H36Cl2N2O.2ClH/c1-3-5-14-29(15-6-4-2)16-10-13-28-19-22-17-23(26)25(24(27)18-22)30-20-21-11-8-7-9-12-21;;/h7-9,11-12,17-18,28H,3-6,10,13-16,19-20H2,1-2H3;2*1H. The molecular weight excluding hydrogens is 486 g/mol. The van der Waals surface area contributed by atoms with Crippen molar-refractivity contribution in [2.45, 2.75) is 59.1 Å². The van der Waals surface area contributed by atoms with Crippen LogP contribution in [0.4, 0.5) is 0 Å². The van der Waals surface area contributed by atoms with Gasteiger partial charge in [0.2, 0.25) is 0 Å². The monoisotopic (exact) mass is 522 g/mol. The van der Waals surface area contributed by atoms with E-state index in [0.717, 1.165) is 37.2 Å². The molecule has 0 aliphatic heterocycles. The van der Waals surface area contributed by atoms with Crippen molar-refractivity contribution < 1.29 is 4.74 Å². The molecule has 0 aromatic heterocycles. The topological polar surface area (TPSA) is 24.5 Å².